The number of halogens is 2. The summed E-state index contributed by atoms with van der Waals surface area (Å²) in [7, 11) is 0. The van der Waals surface area contributed by atoms with Gasteiger partial charge in [-0.25, -0.2) is 4.39 Å². The Morgan fingerprint density at radius 3 is 2.76 bits per heavy atom. The molecular formula is C13H13BrFNS. The molecule has 1 nitrogen and oxygen atoms in total. The molecule has 0 amide bonds. The summed E-state index contributed by atoms with van der Waals surface area (Å²) in [6, 6.07) is 8.66. The molecule has 17 heavy (non-hydrogen) atoms. The summed E-state index contributed by atoms with van der Waals surface area (Å²) in [6.45, 7) is 1.96. The molecule has 0 aliphatic rings. The van der Waals surface area contributed by atoms with Crippen LogP contribution in [0.3, 0.4) is 0 Å². The Kier molecular flexibility index (Phi) is 3.97. The van der Waals surface area contributed by atoms with Crippen molar-refractivity contribution in [2.24, 2.45) is 5.73 Å². The van der Waals surface area contributed by atoms with Crippen LogP contribution in [0.5, 0.6) is 0 Å². The highest BCUT2D eigenvalue weighted by atomic mass is 79.9. The smallest absolute Gasteiger partial charge is 0.123 e. The molecule has 0 aliphatic carbocycles. The van der Waals surface area contributed by atoms with Crippen molar-refractivity contribution >= 4 is 27.3 Å². The van der Waals surface area contributed by atoms with Crippen molar-refractivity contribution in [3.63, 3.8) is 0 Å². The van der Waals surface area contributed by atoms with Gasteiger partial charge in [0.2, 0.25) is 0 Å². The first kappa shape index (κ1) is 12.7. The van der Waals surface area contributed by atoms with Crippen LogP contribution in [0.2, 0.25) is 0 Å². The fourth-order valence-electron chi connectivity index (χ4n) is 1.80. The van der Waals surface area contributed by atoms with Gasteiger partial charge in [-0.15, -0.1) is 11.3 Å². The summed E-state index contributed by atoms with van der Waals surface area (Å²) in [4.78, 5) is 1.20. The minimum atomic E-state index is -0.228. The Morgan fingerprint density at radius 2 is 2.12 bits per heavy atom. The maximum Gasteiger partial charge on any atom is 0.123 e. The van der Waals surface area contributed by atoms with Crippen molar-refractivity contribution in [3.05, 3.63) is 55.9 Å². The van der Waals surface area contributed by atoms with Gasteiger partial charge in [0.05, 0.1) is 3.79 Å². The Hall–Kier alpha value is -0.710. The zero-order valence-corrected chi connectivity index (χ0v) is 11.8. The van der Waals surface area contributed by atoms with E-state index in [0.717, 1.165) is 21.3 Å². The lowest BCUT2D eigenvalue weighted by atomic mass is 9.99. The average Bonchev–Trinajstić information content (AvgIpc) is 2.67. The fraction of sp³-hybridized carbons (Fsp3) is 0.231. The van der Waals surface area contributed by atoms with Crippen molar-refractivity contribution in [3.8, 4) is 0 Å². The van der Waals surface area contributed by atoms with E-state index in [0.29, 0.717) is 0 Å². The quantitative estimate of drug-likeness (QED) is 0.903. The molecule has 0 radical (unpaired) electrons. The van der Waals surface area contributed by atoms with Crippen LogP contribution in [0.1, 0.15) is 22.0 Å². The van der Waals surface area contributed by atoms with E-state index in [9.17, 15) is 4.39 Å². The Balaban J connectivity index is 2.19. The highest BCUT2D eigenvalue weighted by molar-refractivity contribution is 9.11. The monoisotopic (exact) mass is 313 g/mol. The third kappa shape index (κ3) is 3.15. The molecule has 1 atom stereocenters. The van der Waals surface area contributed by atoms with E-state index in [2.05, 4.69) is 15.9 Å². The molecule has 0 spiro atoms. The number of aryl methyl sites for hydroxylation is 1. The van der Waals surface area contributed by atoms with Gasteiger partial charge < -0.3 is 5.73 Å². The van der Waals surface area contributed by atoms with Gasteiger partial charge in [0.1, 0.15) is 5.82 Å². The summed E-state index contributed by atoms with van der Waals surface area (Å²) >= 11 is 5.09. The van der Waals surface area contributed by atoms with Crippen LogP contribution in [0.15, 0.2) is 34.1 Å². The maximum absolute atomic E-state index is 13.2. The molecule has 0 bridgehead atoms. The molecule has 1 aromatic carbocycles. The first-order valence-corrected chi connectivity index (χ1v) is 6.93. The van der Waals surface area contributed by atoms with Crippen LogP contribution >= 0.6 is 27.3 Å². The van der Waals surface area contributed by atoms with Crippen molar-refractivity contribution in [1.29, 1.82) is 0 Å². The molecule has 0 saturated carbocycles. The van der Waals surface area contributed by atoms with Gasteiger partial charge in [-0.2, -0.15) is 0 Å². The summed E-state index contributed by atoms with van der Waals surface area (Å²) in [5.74, 6) is -0.228. The lowest BCUT2D eigenvalue weighted by Gasteiger charge is -2.13. The SMILES string of the molecule is Cc1ccc(F)cc1C(N)Cc1ccc(Br)s1. The molecule has 90 valence electrons. The van der Waals surface area contributed by atoms with Crippen molar-refractivity contribution in [1.82, 2.24) is 0 Å². The van der Waals surface area contributed by atoms with Crippen molar-refractivity contribution in [2.75, 3.05) is 0 Å². The number of nitrogens with two attached hydrogens (primary N) is 1. The number of thiophene rings is 1. The Labute approximate surface area is 113 Å². The van der Waals surface area contributed by atoms with Gasteiger partial charge in [0.25, 0.3) is 0 Å². The molecule has 0 aliphatic heterocycles. The third-order valence-corrected chi connectivity index (χ3v) is 4.34. The predicted molar refractivity (Wildman–Crippen MR) is 73.8 cm³/mol. The molecule has 0 fully saturated rings. The lowest BCUT2D eigenvalue weighted by molar-refractivity contribution is 0.617. The van der Waals surface area contributed by atoms with E-state index < -0.39 is 0 Å². The zero-order valence-electron chi connectivity index (χ0n) is 9.41. The highest BCUT2D eigenvalue weighted by Crippen LogP contribution is 2.27. The van der Waals surface area contributed by atoms with Crippen molar-refractivity contribution < 1.29 is 4.39 Å². The van der Waals surface area contributed by atoms with E-state index in [-0.39, 0.29) is 11.9 Å². The van der Waals surface area contributed by atoms with Gasteiger partial charge in [-0.1, -0.05) is 6.07 Å². The van der Waals surface area contributed by atoms with Gasteiger partial charge in [-0.05, 0) is 58.2 Å². The van der Waals surface area contributed by atoms with E-state index in [1.807, 2.05) is 19.1 Å². The van der Waals surface area contributed by atoms with E-state index in [1.165, 1.54) is 17.0 Å². The number of hydrogen-bond donors (Lipinski definition) is 1. The third-order valence-electron chi connectivity index (χ3n) is 2.69. The second-order valence-electron chi connectivity index (χ2n) is 4.02. The van der Waals surface area contributed by atoms with Crippen LogP contribution in [-0.4, -0.2) is 0 Å². The second kappa shape index (κ2) is 5.29. The van der Waals surface area contributed by atoms with E-state index in [4.69, 9.17) is 5.73 Å². The van der Waals surface area contributed by atoms with E-state index in [1.54, 1.807) is 17.4 Å². The number of benzene rings is 1. The topological polar surface area (TPSA) is 26.0 Å². The van der Waals surface area contributed by atoms with Crippen molar-refractivity contribution in [2.45, 2.75) is 19.4 Å². The predicted octanol–water partition coefficient (Wildman–Crippen LogP) is 4.20. The molecule has 4 heteroatoms. The first-order valence-electron chi connectivity index (χ1n) is 5.32. The second-order valence-corrected chi connectivity index (χ2v) is 6.56. The maximum atomic E-state index is 13.2. The van der Waals surface area contributed by atoms with Crippen LogP contribution < -0.4 is 5.73 Å². The molecule has 1 aromatic heterocycles. The minimum absolute atomic E-state index is 0.156. The van der Waals surface area contributed by atoms with Gasteiger partial charge >= 0.3 is 0 Å². The molecule has 1 unspecified atom stereocenters. The zero-order chi connectivity index (χ0) is 12.4. The van der Waals surface area contributed by atoms with Gasteiger partial charge in [-0.3, -0.25) is 0 Å². The average molecular weight is 314 g/mol. The first-order chi connectivity index (χ1) is 8.06. The standard InChI is InChI=1S/C13H13BrFNS/c1-8-2-3-9(15)6-11(8)12(16)7-10-4-5-13(14)17-10/h2-6,12H,7,16H2,1H3. The molecule has 2 rings (SSSR count). The molecule has 0 saturated heterocycles. The lowest BCUT2D eigenvalue weighted by Crippen LogP contribution is -2.14. The largest absolute Gasteiger partial charge is 0.324 e. The summed E-state index contributed by atoms with van der Waals surface area (Å²) < 4.78 is 14.3. The Morgan fingerprint density at radius 1 is 1.35 bits per heavy atom. The normalized spacial score (nSPS) is 12.7. The van der Waals surface area contributed by atoms with Crippen LogP contribution in [0, 0.1) is 12.7 Å². The summed E-state index contributed by atoms with van der Waals surface area (Å²) in [5.41, 5.74) is 8.05. The van der Waals surface area contributed by atoms with Crippen LogP contribution in [-0.2, 0) is 6.42 Å². The summed E-state index contributed by atoms with van der Waals surface area (Å²) in [5, 5.41) is 0. The van der Waals surface area contributed by atoms with Gasteiger partial charge in [0.15, 0.2) is 0 Å². The highest BCUT2D eigenvalue weighted by Gasteiger charge is 2.12. The van der Waals surface area contributed by atoms with E-state index >= 15 is 0 Å². The summed E-state index contributed by atoms with van der Waals surface area (Å²) in [6.07, 6.45) is 0.737. The number of rotatable bonds is 3. The van der Waals surface area contributed by atoms with Gasteiger partial charge in [0, 0.05) is 17.3 Å². The van der Waals surface area contributed by atoms with Crippen LogP contribution in [0.4, 0.5) is 4.39 Å². The molecule has 2 N–H and O–H groups in total. The fourth-order valence-corrected chi connectivity index (χ4v) is 3.34. The Bertz CT molecular complexity index is 524. The van der Waals surface area contributed by atoms with Crippen LogP contribution in [0.25, 0.3) is 0 Å². The minimum Gasteiger partial charge on any atom is -0.324 e. The molecule has 2 aromatic rings. The molecular weight excluding hydrogens is 301 g/mol. The number of hydrogen-bond acceptors (Lipinski definition) is 2. The molecule has 1 heterocycles.